The zero-order valence-electron chi connectivity index (χ0n) is 10.1. The quantitative estimate of drug-likeness (QED) is 0.662. The molecular weight excluding hydrogens is 255 g/mol. The van der Waals surface area contributed by atoms with Gasteiger partial charge in [0.05, 0.1) is 23.6 Å². The number of nitro groups is 1. The molecule has 1 N–H and O–H groups in total. The van der Waals surface area contributed by atoms with E-state index in [1.807, 2.05) is 0 Å². The van der Waals surface area contributed by atoms with E-state index in [1.165, 1.54) is 4.90 Å². The Balaban J connectivity index is 2.36. The van der Waals surface area contributed by atoms with Crippen molar-refractivity contribution in [2.24, 2.45) is 0 Å². The van der Waals surface area contributed by atoms with Crippen molar-refractivity contribution in [2.45, 2.75) is 18.9 Å². The number of halogens is 1. The number of nitro benzene ring substituents is 1. The van der Waals surface area contributed by atoms with E-state index in [4.69, 9.17) is 5.11 Å². The molecule has 1 heterocycles. The maximum Gasteiger partial charge on any atom is 0.285 e. The van der Waals surface area contributed by atoms with Gasteiger partial charge in [0.2, 0.25) is 0 Å². The van der Waals surface area contributed by atoms with Gasteiger partial charge in [-0.3, -0.25) is 14.9 Å². The molecule has 0 bridgehead atoms. The van der Waals surface area contributed by atoms with Crippen molar-refractivity contribution in [2.75, 3.05) is 13.2 Å². The SMILES string of the molecule is O=C(c1ccc(F)cc1[N+](=O)[O-])N1CCCC1CO. The van der Waals surface area contributed by atoms with Gasteiger partial charge in [0.15, 0.2) is 0 Å². The molecule has 102 valence electrons. The largest absolute Gasteiger partial charge is 0.394 e. The van der Waals surface area contributed by atoms with Crippen LogP contribution in [0.25, 0.3) is 0 Å². The number of amides is 1. The molecule has 6 nitrogen and oxygen atoms in total. The number of rotatable bonds is 3. The summed E-state index contributed by atoms with van der Waals surface area (Å²) in [5, 5.41) is 20.0. The van der Waals surface area contributed by atoms with Crippen molar-refractivity contribution in [3.05, 3.63) is 39.7 Å². The third-order valence-electron chi connectivity index (χ3n) is 3.24. The molecule has 1 amide bonds. The molecule has 1 fully saturated rings. The number of aliphatic hydroxyl groups excluding tert-OH is 1. The lowest BCUT2D eigenvalue weighted by Gasteiger charge is -2.22. The van der Waals surface area contributed by atoms with E-state index in [2.05, 4.69) is 0 Å². The van der Waals surface area contributed by atoms with Gasteiger partial charge in [0, 0.05) is 6.54 Å². The number of benzene rings is 1. The zero-order chi connectivity index (χ0) is 14.0. The molecule has 0 aromatic heterocycles. The Kier molecular flexibility index (Phi) is 3.75. The molecule has 1 saturated heterocycles. The number of likely N-dealkylation sites (tertiary alicyclic amines) is 1. The van der Waals surface area contributed by atoms with Gasteiger partial charge < -0.3 is 10.0 Å². The van der Waals surface area contributed by atoms with Crippen LogP contribution in [-0.4, -0.2) is 40.0 Å². The highest BCUT2D eigenvalue weighted by Crippen LogP contribution is 2.25. The molecule has 1 aliphatic heterocycles. The third kappa shape index (κ3) is 2.55. The summed E-state index contributed by atoms with van der Waals surface area (Å²) in [5.41, 5.74) is -0.694. The second-order valence-electron chi connectivity index (χ2n) is 4.40. The van der Waals surface area contributed by atoms with Crippen molar-refractivity contribution in [1.82, 2.24) is 4.90 Å². The van der Waals surface area contributed by atoms with E-state index in [-0.39, 0.29) is 18.2 Å². The Morgan fingerprint density at radius 1 is 1.58 bits per heavy atom. The number of carbonyl (C=O) groups excluding carboxylic acids is 1. The van der Waals surface area contributed by atoms with Gasteiger partial charge in [-0.2, -0.15) is 0 Å². The van der Waals surface area contributed by atoms with E-state index in [9.17, 15) is 19.3 Å². The molecular formula is C12H13FN2O4. The first-order chi connectivity index (χ1) is 9.04. The lowest BCUT2D eigenvalue weighted by Crippen LogP contribution is -2.37. The monoisotopic (exact) mass is 268 g/mol. The summed E-state index contributed by atoms with van der Waals surface area (Å²) in [6, 6.07) is 2.54. The summed E-state index contributed by atoms with van der Waals surface area (Å²) in [6.07, 6.45) is 1.41. The first-order valence-electron chi connectivity index (χ1n) is 5.90. The van der Waals surface area contributed by atoms with Crippen molar-refractivity contribution in [3.63, 3.8) is 0 Å². The van der Waals surface area contributed by atoms with Gasteiger partial charge in [-0.15, -0.1) is 0 Å². The molecule has 1 aromatic carbocycles. The van der Waals surface area contributed by atoms with Gasteiger partial charge in [-0.05, 0) is 25.0 Å². The minimum atomic E-state index is -0.777. The standard InChI is InChI=1S/C12H13FN2O4/c13-8-3-4-10(11(6-8)15(18)19)12(17)14-5-1-2-9(14)7-16/h3-4,6,9,16H,1-2,5,7H2. The summed E-state index contributed by atoms with van der Waals surface area (Å²) in [6.45, 7) is 0.263. The summed E-state index contributed by atoms with van der Waals surface area (Å²) in [4.78, 5) is 23.7. The average Bonchev–Trinajstić information content (AvgIpc) is 2.86. The Hall–Kier alpha value is -2.02. The van der Waals surface area contributed by atoms with E-state index < -0.39 is 22.3 Å². The van der Waals surface area contributed by atoms with Crippen molar-refractivity contribution >= 4 is 11.6 Å². The van der Waals surface area contributed by atoms with Crippen LogP contribution in [0.3, 0.4) is 0 Å². The van der Waals surface area contributed by atoms with Crippen LogP contribution in [0, 0.1) is 15.9 Å². The molecule has 1 aliphatic rings. The first kappa shape index (κ1) is 13.4. The van der Waals surface area contributed by atoms with Gasteiger partial charge in [-0.1, -0.05) is 0 Å². The van der Waals surface area contributed by atoms with Crippen molar-refractivity contribution in [1.29, 1.82) is 0 Å². The molecule has 1 unspecified atom stereocenters. The number of hydrogen-bond donors (Lipinski definition) is 1. The topological polar surface area (TPSA) is 83.7 Å². The lowest BCUT2D eigenvalue weighted by molar-refractivity contribution is -0.385. The minimum absolute atomic E-state index is 0.147. The van der Waals surface area contributed by atoms with Crippen LogP contribution in [0.4, 0.5) is 10.1 Å². The maximum absolute atomic E-state index is 13.0. The minimum Gasteiger partial charge on any atom is -0.394 e. The summed E-state index contributed by atoms with van der Waals surface area (Å²) >= 11 is 0. The number of hydrogen-bond acceptors (Lipinski definition) is 4. The molecule has 0 spiro atoms. The van der Waals surface area contributed by atoms with Crippen LogP contribution in [0.15, 0.2) is 18.2 Å². The molecule has 0 aliphatic carbocycles. The molecule has 0 radical (unpaired) electrons. The van der Waals surface area contributed by atoms with Gasteiger partial charge in [0.25, 0.3) is 11.6 Å². The van der Waals surface area contributed by atoms with Gasteiger partial charge in [-0.25, -0.2) is 4.39 Å². The van der Waals surface area contributed by atoms with Gasteiger partial charge >= 0.3 is 0 Å². The predicted octanol–water partition coefficient (Wildman–Crippen LogP) is 1.33. The fourth-order valence-electron chi connectivity index (χ4n) is 2.28. The fourth-order valence-corrected chi connectivity index (χ4v) is 2.28. The predicted molar refractivity (Wildman–Crippen MR) is 64.2 cm³/mol. The first-order valence-corrected chi connectivity index (χ1v) is 5.90. The van der Waals surface area contributed by atoms with E-state index in [0.717, 1.165) is 24.6 Å². The van der Waals surface area contributed by atoms with Crippen molar-refractivity contribution < 1.29 is 19.2 Å². The highest BCUT2D eigenvalue weighted by Gasteiger charge is 2.32. The Bertz CT molecular complexity index is 520. The van der Waals surface area contributed by atoms with Crippen LogP contribution in [0.2, 0.25) is 0 Å². The Morgan fingerprint density at radius 2 is 2.32 bits per heavy atom. The molecule has 19 heavy (non-hydrogen) atoms. The molecule has 1 aromatic rings. The average molecular weight is 268 g/mol. The fraction of sp³-hybridized carbons (Fsp3) is 0.417. The smallest absolute Gasteiger partial charge is 0.285 e. The van der Waals surface area contributed by atoms with Crippen LogP contribution in [0.1, 0.15) is 23.2 Å². The number of aliphatic hydroxyl groups is 1. The maximum atomic E-state index is 13.0. The van der Waals surface area contributed by atoms with Crippen LogP contribution >= 0.6 is 0 Å². The van der Waals surface area contributed by atoms with Crippen LogP contribution < -0.4 is 0 Å². The summed E-state index contributed by atoms with van der Waals surface area (Å²) < 4.78 is 13.0. The summed E-state index contributed by atoms with van der Waals surface area (Å²) in [5.74, 6) is -1.30. The molecule has 7 heteroatoms. The van der Waals surface area contributed by atoms with E-state index in [1.54, 1.807) is 0 Å². The van der Waals surface area contributed by atoms with Crippen LogP contribution in [0.5, 0.6) is 0 Å². The second-order valence-corrected chi connectivity index (χ2v) is 4.40. The normalized spacial score (nSPS) is 18.6. The molecule has 2 rings (SSSR count). The highest BCUT2D eigenvalue weighted by atomic mass is 19.1. The molecule has 1 atom stereocenters. The Morgan fingerprint density at radius 3 is 2.95 bits per heavy atom. The molecule has 0 saturated carbocycles. The Labute approximate surface area is 108 Å². The number of carbonyl (C=O) groups is 1. The van der Waals surface area contributed by atoms with Gasteiger partial charge in [0.1, 0.15) is 11.4 Å². The highest BCUT2D eigenvalue weighted by molar-refractivity contribution is 5.98. The summed E-state index contributed by atoms with van der Waals surface area (Å²) in [7, 11) is 0. The van der Waals surface area contributed by atoms with Crippen LogP contribution in [-0.2, 0) is 0 Å². The third-order valence-corrected chi connectivity index (χ3v) is 3.24. The van der Waals surface area contributed by atoms with E-state index in [0.29, 0.717) is 13.0 Å². The second kappa shape index (κ2) is 5.31. The lowest BCUT2D eigenvalue weighted by atomic mass is 10.1. The zero-order valence-corrected chi connectivity index (χ0v) is 10.1. The van der Waals surface area contributed by atoms with Crippen molar-refractivity contribution in [3.8, 4) is 0 Å². The van der Waals surface area contributed by atoms with E-state index >= 15 is 0 Å². The number of nitrogens with zero attached hydrogens (tertiary/aromatic N) is 2.